The average molecular weight is 400 g/mol. The first-order chi connectivity index (χ1) is 12.1. The van der Waals surface area contributed by atoms with Crippen LogP contribution in [0.4, 0.5) is 0 Å². The molecule has 0 saturated carbocycles. The van der Waals surface area contributed by atoms with E-state index in [9.17, 15) is 4.79 Å². The van der Waals surface area contributed by atoms with Crippen molar-refractivity contribution in [3.05, 3.63) is 34.5 Å². The summed E-state index contributed by atoms with van der Waals surface area (Å²) in [4.78, 5) is 24.0. The summed E-state index contributed by atoms with van der Waals surface area (Å²) < 4.78 is 1.66. The quantitative estimate of drug-likeness (QED) is 0.434. The van der Waals surface area contributed by atoms with Crippen LogP contribution in [0.1, 0.15) is 23.5 Å². The van der Waals surface area contributed by atoms with E-state index in [-0.39, 0.29) is 18.3 Å². The monoisotopic (exact) mass is 399 g/mol. The van der Waals surface area contributed by atoms with Crippen LogP contribution in [0.25, 0.3) is 0 Å². The van der Waals surface area contributed by atoms with Crippen molar-refractivity contribution in [2.75, 3.05) is 26.2 Å². The number of halogens is 1. The number of aryl methyl sites for hydroxylation is 1. The molecule has 26 heavy (non-hydrogen) atoms. The highest BCUT2D eigenvalue weighted by Gasteiger charge is 2.25. The molecule has 1 fully saturated rings. The van der Waals surface area contributed by atoms with E-state index >= 15 is 0 Å². The minimum atomic E-state index is -0.717. The molecule has 0 spiro atoms. The minimum absolute atomic E-state index is 0. The molecule has 10 heteroatoms. The summed E-state index contributed by atoms with van der Waals surface area (Å²) in [6.45, 7) is 2.53. The Labute approximate surface area is 161 Å². The molecule has 0 amide bonds. The normalized spacial score (nSPS) is 18.3. The second-order valence-corrected chi connectivity index (χ2v) is 6.88. The van der Waals surface area contributed by atoms with Gasteiger partial charge in [-0.2, -0.15) is 5.10 Å². The van der Waals surface area contributed by atoms with Crippen molar-refractivity contribution >= 4 is 35.4 Å². The number of carbonyl (C=O) groups is 1. The Bertz CT molecular complexity index is 734. The lowest BCUT2D eigenvalue weighted by molar-refractivity contribution is -0.143. The summed E-state index contributed by atoms with van der Waals surface area (Å²) in [5.74, 6) is -0.352. The molecule has 0 unspecified atom stereocenters. The maximum atomic E-state index is 11.1. The van der Waals surface area contributed by atoms with Crippen molar-refractivity contribution in [3.8, 4) is 0 Å². The summed E-state index contributed by atoms with van der Waals surface area (Å²) >= 11 is 1.56. The third kappa shape index (κ3) is 5.03. The Morgan fingerprint density at radius 3 is 3.04 bits per heavy atom. The number of oxime groups is 1. The van der Waals surface area contributed by atoms with Crippen LogP contribution >= 0.6 is 23.7 Å². The van der Waals surface area contributed by atoms with Crippen molar-refractivity contribution in [3.63, 3.8) is 0 Å². The van der Waals surface area contributed by atoms with E-state index in [1.807, 2.05) is 24.6 Å². The number of likely N-dealkylation sites (tertiary alicyclic amines) is 1. The lowest BCUT2D eigenvalue weighted by Gasteiger charge is -2.29. The predicted octanol–water partition coefficient (Wildman–Crippen LogP) is 1.86. The van der Waals surface area contributed by atoms with Gasteiger partial charge in [-0.15, -0.1) is 23.7 Å². The Balaban J connectivity index is 0.00000243. The molecule has 1 aliphatic rings. The van der Waals surface area contributed by atoms with Gasteiger partial charge in [0.15, 0.2) is 11.5 Å². The number of rotatable bonds is 7. The van der Waals surface area contributed by atoms with Gasteiger partial charge in [0.1, 0.15) is 12.9 Å². The number of carboxylic acids is 1. The van der Waals surface area contributed by atoms with Gasteiger partial charge in [-0.05, 0) is 30.8 Å². The minimum Gasteiger partial charge on any atom is -0.481 e. The van der Waals surface area contributed by atoms with Gasteiger partial charge in [0.05, 0.1) is 10.8 Å². The molecule has 0 bridgehead atoms. The molecule has 0 aromatic carbocycles. The summed E-state index contributed by atoms with van der Waals surface area (Å²) in [5, 5.41) is 19.5. The topological polar surface area (TPSA) is 92.8 Å². The zero-order chi connectivity index (χ0) is 17.6. The Morgan fingerprint density at radius 2 is 2.38 bits per heavy atom. The van der Waals surface area contributed by atoms with Crippen LogP contribution in [-0.4, -0.2) is 62.7 Å². The SMILES string of the molecule is Cl.Cn1ncnc1C(=NOCCN1CCC[C@@H](C(=O)O)C1)c1cccs1. The number of hydrogen-bond acceptors (Lipinski definition) is 7. The van der Waals surface area contributed by atoms with Crippen LogP contribution < -0.4 is 0 Å². The molecular weight excluding hydrogens is 378 g/mol. The van der Waals surface area contributed by atoms with Gasteiger partial charge in [0.25, 0.3) is 0 Å². The first kappa shape index (κ1) is 20.3. The fraction of sp³-hybridized carbons (Fsp3) is 0.500. The summed E-state index contributed by atoms with van der Waals surface area (Å²) in [6.07, 6.45) is 3.14. The van der Waals surface area contributed by atoms with Crippen molar-refractivity contribution in [1.29, 1.82) is 0 Å². The number of piperidine rings is 1. The van der Waals surface area contributed by atoms with Gasteiger partial charge in [-0.1, -0.05) is 11.2 Å². The molecule has 1 saturated heterocycles. The third-order valence-corrected chi connectivity index (χ3v) is 5.06. The van der Waals surface area contributed by atoms with Crippen molar-refractivity contribution in [1.82, 2.24) is 19.7 Å². The van der Waals surface area contributed by atoms with Gasteiger partial charge in [-0.25, -0.2) is 9.67 Å². The largest absolute Gasteiger partial charge is 0.481 e. The van der Waals surface area contributed by atoms with Crippen LogP contribution in [-0.2, 0) is 16.7 Å². The average Bonchev–Trinajstić information content (AvgIpc) is 3.27. The van der Waals surface area contributed by atoms with Crippen molar-refractivity contribution < 1.29 is 14.7 Å². The maximum Gasteiger partial charge on any atom is 0.307 e. The van der Waals surface area contributed by atoms with Crippen molar-refractivity contribution in [2.45, 2.75) is 12.8 Å². The maximum absolute atomic E-state index is 11.1. The first-order valence-corrected chi connectivity index (χ1v) is 9.06. The lowest BCUT2D eigenvalue weighted by Crippen LogP contribution is -2.40. The summed E-state index contributed by atoms with van der Waals surface area (Å²) in [7, 11) is 1.81. The summed E-state index contributed by atoms with van der Waals surface area (Å²) in [5.41, 5.74) is 0.650. The number of aliphatic carboxylic acids is 1. The molecule has 0 aliphatic carbocycles. The second-order valence-electron chi connectivity index (χ2n) is 5.94. The van der Waals surface area contributed by atoms with Gasteiger partial charge in [-0.3, -0.25) is 9.69 Å². The molecule has 2 aromatic rings. The Morgan fingerprint density at radius 1 is 1.54 bits per heavy atom. The molecule has 1 N–H and O–H groups in total. The molecular formula is C16H22ClN5O3S. The van der Waals surface area contributed by atoms with E-state index in [1.54, 1.807) is 16.0 Å². The van der Waals surface area contributed by atoms with E-state index in [0.717, 1.165) is 24.3 Å². The van der Waals surface area contributed by atoms with Crippen LogP contribution in [0.5, 0.6) is 0 Å². The van der Waals surface area contributed by atoms with Gasteiger partial charge in [0.2, 0.25) is 0 Å². The summed E-state index contributed by atoms with van der Waals surface area (Å²) in [6, 6.07) is 3.91. The molecule has 2 aromatic heterocycles. The molecule has 1 aliphatic heterocycles. The van der Waals surface area contributed by atoms with Crippen LogP contribution in [0, 0.1) is 5.92 Å². The smallest absolute Gasteiger partial charge is 0.307 e. The molecule has 0 radical (unpaired) electrons. The van der Waals surface area contributed by atoms with E-state index in [0.29, 0.717) is 31.2 Å². The van der Waals surface area contributed by atoms with Gasteiger partial charge >= 0.3 is 5.97 Å². The molecule has 3 heterocycles. The lowest BCUT2D eigenvalue weighted by atomic mass is 9.98. The van der Waals surface area contributed by atoms with Crippen LogP contribution in [0.2, 0.25) is 0 Å². The number of nitrogens with zero attached hydrogens (tertiary/aromatic N) is 5. The van der Waals surface area contributed by atoms with E-state index in [4.69, 9.17) is 9.94 Å². The highest BCUT2D eigenvalue weighted by Crippen LogP contribution is 2.17. The Hall–Kier alpha value is -1.97. The fourth-order valence-corrected chi connectivity index (χ4v) is 3.56. The van der Waals surface area contributed by atoms with Gasteiger partial charge in [0, 0.05) is 20.1 Å². The number of hydrogen-bond donors (Lipinski definition) is 1. The number of aromatic nitrogens is 3. The standard InChI is InChI=1S/C16H21N5O3S.ClH/c1-20-15(17-11-18-20)14(13-5-3-9-25-13)19-24-8-7-21-6-2-4-12(10-21)16(22)23;/h3,5,9,11-12H,2,4,6-8,10H2,1H3,(H,22,23);1H/t12-;/m1./s1. The molecule has 142 valence electrons. The van der Waals surface area contributed by atoms with E-state index < -0.39 is 5.97 Å². The predicted molar refractivity (Wildman–Crippen MR) is 101 cm³/mol. The highest BCUT2D eigenvalue weighted by molar-refractivity contribution is 7.12. The number of carboxylic acid groups (broad SMARTS) is 1. The molecule has 1 atom stereocenters. The van der Waals surface area contributed by atoms with E-state index in [1.165, 1.54) is 6.33 Å². The van der Waals surface area contributed by atoms with E-state index in [2.05, 4.69) is 20.1 Å². The molecule has 8 nitrogen and oxygen atoms in total. The Kier molecular flexibility index (Phi) is 7.55. The number of thiophene rings is 1. The zero-order valence-corrected chi connectivity index (χ0v) is 16.1. The second kappa shape index (κ2) is 9.65. The molecule has 3 rings (SSSR count). The van der Waals surface area contributed by atoms with Gasteiger partial charge < -0.3 is 9.94 Å². The van der Waals surface area contributed by atoms with Crippen molar-refractivity contribution in [2.24, 2.45) is 18.1 Å². The van der Waals surface area contributed by atoms with Crippen LogP contribution in [0.3, 0.4) is 0 Å². The first-order valence-electron chi connectivity index (χ1n) is 8.18. The van der Waals surface area contributed by atoms with Crippen LogP contribution in [0.15, 0.2) is 29.0 Å². The third-order valence-electron chi connectivity index (χ3n) is 4.19. The highest BCUT2D eigenvalue weighted by atomic mass is 35.5. The zero-order valence-electron chi connectivity index (χ0n) is 14.4. The fourth-order valence-electron chi connectivity index (χ4n) is 2.86.